The van der Waals surface area contributed by atoms with E-state index in [0.717, 1.165) is 16.7 Å². The molecule has 1 aliphatic rings. The lowest BCUT2D eigenvalue weighted by molar-refractivity contribution is -0.126. The standard InChI is InChI=1S/C26H34N2O4/c1-26(2,3)32-25(30)28-15-13-23(14-16-28)24(29)27-17-20-9-11-22(12-10-20)19-31-18-21-7-5-4-6-8-21/h4-12,23H,13-19H2,1-3H3,(H,27,29). The van der Waals surface area contributed by atoms with Gasteiger partial charge in [0.1, 0.15) is 5.60 Å². The third-order valence-corrected chi connectivity index (χ3v) is 5.39. The molecular formula is C26H34N2O4. The van der Waals surface area contributed by atoms with Crippen molar-refractivity contribution in [2.24, 2.45) is 5.92 Å². The van der Waals surface area contributed by atoms with Crippen LogP contribution in [0.5, 0.6) is 0 Å². The van der Waals surface area contributed by atoms with Crippen LogP contribution in [0.4, 0.5) is 4.79 Å². The molecule has 2 aromatic carbocycles. The molecule has 1 fully saturated rings. The highest BCUT2D eigenvalue weighted by Gasteiger charge is 2.29. The van der Waals surface area contributed by atoms with Gasteiger partial charge < -0.3 is 19.7 Å². The zero-order valence-electron chi connectivity index (χ0n) is 19.3. The molecule has 1 N–H and O–H groups in total. The van der Waals surface area contributed by atoms with Crippen LogP contribution < -0.4 is 5.32 Å². The van der Waals surface area contributed by atoms with Gasteiger partial charge in [0.05, 0.1) is 13.2 Å². The number of piperidine rings is 1. The summed E-state index contributed by atoms with van der Waals surface area (Å²) in [7, 11) is 0. The Labute approximate surface area is 190 Å². The van der Waals surface area contributed by atoms with Crippen LogP contribution in [0.2, 0.25) is 0 Å². The van der Waals surface area contributed by atoms with Gasteiger partial charge in [0.15, 0.2) is 0 Å². The van der Waals surface area contributed by atoms with E-state index in [1.165, 1.54) is 0 Å². The van der Waals surface area contributed by atoms with Crippen LogP contribution >= 0.6 is 0 Å². The number of hydrogen-bond acceptors (Lipinski definition) is 4. The van der Waals surface area contributed by atoms with E-state index in [0.29, 0.717) is 45.7 Å². The van der Waals surface area contributed by atoms with E-state index in [4.69, 9.17) is 9.47 Å². The zero-order valence-corrected chi connectivity index (χ0v) is 19.3. The van der Waals surface area contributed by atoms with Gasteiger partial charge in [-0.25, -0.2) is 4.79 Å². The molecule has 1 saturated heterocycles. The van der Waals surface area contributed by atoms with Crippen molar-refractivity contribution in [3.8, 4) is 0 Å². The van der Waals surface area contributed by atoms with Crippen molar-refractivity contribution in [1.29, 1.82) is 0 Å². The average molecular weight is 439 g/mol. The van der Waals surface area contributed by atoms with Gasteiger partial charge in [-0.1, -0.05) is 54.6 Å². The first-order valence-corrected chi connectivity index (χ1v) is 11.3. The number of ether oxygens (including phenoxy) is 2. The number of nitrogens with zero attached hydrogens (tertiary/aromatic N) is 1. The number of carbonyl (C=O) groups is 2. The van der Waals surface area contributed by atoms with Gasteiger partial charge in [-0.05, 0) is 50.3 Å². The molecule has 2 amide bonds. The molecule has 2 aromatic rings. The summed E-state index contributed by atoms with van der Waals surface area (Å²) < 4.78 is 11.2. The lowest BCUT2D eigenvalue weighted by Crippen LogP contribution is -2.44. The molecule has 0 aliphatic carbocycles. The van der Waals surface area contributed by atoms with E-state index in [1.54, 1.807) is 4.90 Å². The summed E-state index contributed by atoms with van der Waals surface area (Å²) in [6.45, 7) is 8.30. The lowest BCUT2D eigenvalue weighted by atomic mass is 9.96. The molecule has 0 saturated carbocycles. The second-order valence-electron chi connectivity index (χ2n) is 9.25. The Balaban J connectivity index is 1.36. The molecular weight excluding hydrogens is 404 g/mol. The molecule has 172 valence electrons. The third-order valence-electron chi connectivity index (χ3n) is 5.39. The fraction of sp³-hybridized carbons (Fsp3) is 0.462. The minimum absolute atomic E-state index is 0.0455. The zero-order chi connectivity index (χ0) is 23.0. The maximum atomic E-state index is 12.6. The molecule has 1 aliphatic heterocycles. The number of hydrogen-bond donors (Lipinski definition) is 1. The van der Waals surface area contributed by atoms with Crippen LogP contribution in [0, 0.1) is 5.92 Å². The molecule has 0 bridgehead atoms. The Hall–Kier alpha value is -2.86. The minimum Gasteiger partial charge on any atom is -0.444 e. The predicted molar refractivity (Wildman–Crippen MR) is 124 cm³/mol. The molecule has 3 rings (SSSR count). The summed E-state index contributed by atoms with van der Waals surface area (Å²) in [5, 5.41) is 3.03. The number of rotatable bonds is 7. The van der Waals surface area contributed by atoms with Crippen LogP contribution in [0.1, 0.15) is 50.3 Å². The van der Waals surface area contributed by atoms with Crippen molar-refractivity contribution >= 4 is 12.0 Å². The smallest absolute Gasteiger partial charge is 0.410 e. The first kappa shape index (κ1) is 23.8. The molecule has 0 atom stereocenters. The molecule has 32 heavy (non-hydrogen) atoms. The highest BCUT2D eigenvalue weighted by molar-refractivity contribution is 5.79. The number of amides is 2. The van der Waals surface area contributed by atoms with Crippen LogP contribution in [0.15, 0.2) is 54.6 Å². The number of benzene rings is 2. The highest BCUT2D eigenvalue weighted by atomic mass is 16.6. The Morgan fingerprint density at radius 1 is 0.906 bits per heavy atom. The molecule has 0 spiro atoms. The maximum Gasteiger partial charge on any atom is 0.410 e. The van der Waals surface area contributed by atoms with Crippen LogP contribution in [0.25, 0.3) is 0 Å². The normalized spacial score (nSPS) is 14.8. The number of likely N-dealkylation sites (tertiary alicyclic amines) is 1. The summed E-state index contributed by atoms with van der Waals surface area (Å²) in [6, 6.07) is 18.2. The highest BCUT2D eigenvalue weighted by Crippen LogP contribution is 2.20. The summed E-state index contributed by atoms with van der Waals surface area (Å²) in [4.78, 5) is 26.4. The lowest BCUT2D eigenvalue weighted by Gasteiger charge is -2.32. The van der Waals surface area contributed by atoms with Gasteiger partial charge in [-0.15, -0.1) is 0 Å². The molecule has 6 nitrogen and oxygen atoms in total. The van der Waals surface area contributed by atoms with Crippen LogP contribution in [-0.2, 0) is 34.0 Å². The SMILES string of the molecule is CC(C)(C)OC(=O)N1CCC(C(=O)NCc2ccc(COCc3ccccc3)cc2)CC1. The van der Waals surface area contributed by atoms with Gasteiger partial charge in [-0.2, -0.15) is 0 Å². The molecule has 1 heterocycles. The Bertz CT molecular complexity index is 867. The second-order valence-corrected chi connectivity index (χ2v) is 9.25. The fourth-order valence-electron chi connectivity index (χ4n) is 3.60. The van der Waals surface area contributed by atoms with E-state index in [1.807, 2.05) is 75.4 Å². The maximum absolute atomic E-state index is 12.6. The number of carbonyl (C=O) groups excluding carboxylic acids is 2. The van der Waals surface area contributed by atoms with Gasteiger partial charge >= 0.3 is 6.09 Å². The quantitative estimate of drug-likeness (QED) is 0.682. The molecule has 6 heteroatoms. The fourth-order valence-corrected chi connectivity index (χ4v) is 3.60. The summed E-state index contributed by atoms with van der Waals surface area (Å²) >= 11 is 0. The second kappa shape index (κ2) is 11.1. The van der Waals surface area contributed by atoms with E-state index < -0.39 is 5.60 Å². The van der Waals surface area contributed by atoms with Gasteiger partial charge in [-0.3, -0.25) is 4.79 Å². The van der Waals surface area contributed by atoms with Crippen molar-refractivity contribution in [3.05, 3.63) is 71.3 Å². The Morgan fingerprint density at radius 3 is 2.06 bits per heavy atom. The van der Waals surface area contributed by atoms with E-state index in [9.17, 15) is 9.59 Å². The monoisotopic (exact) mass is 438 g/mol. The van der Waals surface area contributed by atoms with Crippen molar-refractivity contribution in [3.63, 3.8) is 0 Å². The van der Waals surface area contributed by atoms with Crippen molar-refractivity contribution in [2.45, 2.75) is 59.0 Å². The molecule has 0 radical (unpaired) electrons. The molecule has 0 unspecified atom stereocenters. The predicted octanol–water partition coefficient (Wildman–Crippen LogP) is 4.67. The van der Waals surface area contributed by atoms with Crippen LogP contribution in [-0.4, -0.2) is 35.6 Å². The summed E-state index contributed by atoms with van der Waals surface area (Å²) in [5.74, 6) is -0.0246. The number of nitrogens with one attached hydrogen (secondary N) is 1. The summed E-state index contributed by atoms with van der Waals surface area (Å²) in [5.41, 5.74) is 2.81. The summed E-state index contributed by atoms with van der Waals surface area (Å²) in [6.07, 6.45) is 1.01. The first-order valence-electron chi connectivity index (χ1n) is 11.3. The third kappa shape index (κ3) is 7.68. The van der Waals surface area contributed by atoms with E-state index in [-0.39, 0.29) is 17.9 Å². The van der Waals surface area contributed by atoms with Crippen molar-refractivity contribution < 1.29 is 19.1 Å². The first-order chi connectivity index (χ1) is 15.3. The largest absolute Gasteiger partial charge is 0.444 e. The van der Waals surface area contributed by atoms with Gasteiger partial charge in [0.2, 0.25) is 5.91 Å². The van der Waals surface area contributed by atoms with Gasteiger partial charge in [0.25, 0.3) is 0 Å². The Kier molecular flexibility index (Phi) is 8.28. The van der Waals surface area contributed by atoms with Crippen LogP contribution in [0.3, 0.4) is 0 Å². The average Bonchev–Trinajstić information content (AvgIpc) is 2.78. The minimum atomic E-state index is -0.505. The Morgan fingerprint density at radius 2 is 1.47 bits per heavy atom. The molecule has 0 aromatic heterocycles. The van der Waals surface area contributed by atoms with Crippen molar-refractivity contribution in [2.75, 3.05) is 13.1 Å². The topological polar surface area (TPSA) is 67.9 Å². The van der Waals surface area contributed by atoms with E-state index in [2.05, 4.69) is 5.32 Å². The van der Waals surface area contributed by atoms with Crippen molar-refractivity contribution in [1.82, 2.24) is 10.2 Å². The van der Waals surface area contributed by atoms with Gasteiger partial charge in [0, 0.05) is 25.6 Å². The van der Waals surface area contributed by atoms with E-state index >= 15 is 0 Å².